The molecule has 4 rings (SSSR count). The molecule has 4 aromatic rings. The fourth-order valence-electron chi connectivity index (χ4n) is 3.56. The molecule has 0 amide bonds. The standard InChI is InChI=1S/C24H25N3O2S/c1-14-6-8-19(15(2)10-14)24-25-16(3)22(30-24)12-23(28)29-13-18-7-9-21-20(11-18)26-17(4)27(21)5/h6-11H,12-13H2,1-5H3. The van der Waals surface area contributed by atoms with Gasteiger partial charge in [-0.1, -0.05) is 29.8 Å². The Morgan fingerprint density at radius 1 is 1.07 bits per heavy atom. The molecule has 30 heavy (non-hydrogen) atoms. The first kappa shape index (κ1) is 20.3. The second kappa shape index (κ2) is 8.03. The largest absolute Gasteiger partial charge is 0.461 e. The van der Waals surface area contributed by atoms with E-state index in [1.807, 2.05) is 43.7 Å². The van der Waals surface area contributed by atoms with Crippen molar-refractivity contribution in [2.45, 2.75) is 40.7 Å². The van der Waals surface area contributed by atoms with Gasteiger partial charge in [-0.2, -0.15) is 0 Å². The lowest BCUT2D eigenvalue weighted by Gasteiger charge is -2.05. The summed E-state index contributed by atoms with van der Waals surface area (Å²) in [6, 6.07) is 12.3. The van der Waals surface area contributed by atoms with Crippen LogP contribution in [0.2, 0.25) is 0 Å². The van der Waals surface area contributed by atoms with E-state index in [1.54, 1.807) is 11.3 Å². The van der Waals surface area contributed by atoms with Crippen molar-refractivity contribution in [3.8, 4) is 10.6 Å². The molecule has 5 nitrogen and oxygen atoms in total. The van der Waals surface area contributed by atoms with Crippen molar-refractivity contribution >= 4 is 28.3 Å². The second-order valence-corrected chi connectivity index (χ2v) is 8.81. The Balaban J connectivity index is 1.43. The van der Waals surface area contributed by atoms with E-state index >= 15 is 0 Å². The first-order valence-corrected chi connectivity index (χ1v) is 10.7. The summed E-state index contributed by atoms with van der Waals surface area (Å²) in [7, 11) is 1.99. The highest BCUT2D eigenvalue weighted by Crippen LogP contribution is 2.31. The topological polar surface area (TPSA) is 57.0 Å². The average Bonchev–Trinajstić information content (AvgIpc) is 3.19. The minimum absolute atomic E-state index is 0.235. The van der Waals surface area contributed by atoms with Gasteiger partial charge in [-0.3, -0.25) is 4.79 Å². The molecule has 0 aliphatic heterocycles. The van der Waals surface area contributed by atoms with Crippen molar-refractivity contribution < 1.29 is 9.53 Å². The van der Waals surface area contributed by atoms with Crippen LogP contribution in [0.4, 0.5) is 0 Å². The zero-order chi connectivity index (χ0) is 21.4. The van der Waals surface area contributed by atoms with Crippen LogP contribution in [0.3, 0.4) is 0 Å². The van der Waals surface area contributed by atoms with Gasteiger partial charge in [-0.05, 0) is 51.0 Å². The summed E-state index contributed by atoms with van der Waals surface area (Å²) in [5, 5.41) is 0.948. The number of thiazole rings is 1. The second-order valence-electron chi connectivity index (χ2n) is 7.72. The number of carbonyl (C=O) groups is 1. The third-order valence-corrected chi connectivity index (χ3v) is 6.57. The molecule has 2 aromatic heterocycles. The van der Waals surface area contributed by atoms with E-state index in [1.165, 1.54) is 11.1 Å². The summed E-state index contributed by atoms with van der Waals surface area (Å²) in [6.45, 7) is 8.34. The number of aryl methyl sites for hydroxylation is 5. The van der Waals surface area contributed by atoms with Crippen molar-refractivity contribution in [3.63, 3.8) is 0 Å². The van der Waals surface area contributed by atoms with E-state index in [-0.39, 0.29) is 19.0 Å². The lowest BCUT2D eigenvalue weighted by Crippen LogP contribution is -2.07. The van der Waals surface area contributed by atoms with Crippen molar-refractivity contribution in [1.82, 2.24) is 14.5 Å². The van der Waals surface area contributed by atoms with Crippen LogP contribution in [0, 0.1) is 27.7 Å². The lowest BCUT2D eigenvalue weighted by atomic mass is 10.1. The van der Waals surface area contributed by atoms with Crippen LogP contribution in [-0.4, -0.2) is 20.5 Å². The molecule has 2 heterocycles. The zero-order valence-corrected chi connectivity index (χ0v) is 18.8. The maximum Gasteiger partial charge on any atom is 0.311 e. The summed E-state index contributed by atoms with van der Waals surface area (Å²) in [5.74, 6) is 0.714. The molecule has 0 unspecified atom stereocenters. The number of aromatic nitrogens is 3. The van der Waals surface area contributed by atoms with E-state index < -0.39 is 0 Å². The van der Waals surface area contributed by atoms with Gasteiger partial charge < -0.3 is 9.30 Å². The number of rotatable bonds is 5. The molecule has 154 valence electrons. The predicted molar refractivity (Wildman–Crippen MR) is 121 cm³/mol. The number of hydrogen-bond donors (Lipinski definition) is 0. The monoisotopic (exact) mass is 419 g/mol. The summed E-state index contributed by atoms with van der Waals surface area (Å²) >= 11 is 1.56. The van der Waals surface area contributed by atoms with Gasteiger partial charge in [0.25, 0.3) is 0 Å². The van der Waals surface area contributed by atoms with E-state index in [0.29, 0.717) is 0 Å². The Morgan fingerprint density at radius 3 is 2.63 bits per heavy atom. The van der Waals surface area contributed by atoms with Gasteiger partial charge in [0, 0.05) is 17.5 Å². The fourth-order valence-corrected chi connectivity index (χ4v) is 4.70. The van der Waals surface area contributed by atoms with Gasteiger partial charge in [-0.15, -0.1) is 11.3 Å². The molecule has 0 saturated heterocycles. The van der Waals surface area contributed by atoms with Crippen molar-refractivity contribution in [1.29, 1.82) is 0 Å². The minimum Gasteiger partial charge on any atom is -0.461 e. The number of nitrogens with zero attached hydrogens (tertiary/aromatic N) is 3. The highest BCUT2D eigenvalue weighted by Gasteiger charge is 2.15. The molecule has 0 aliphatic carbocycles. The number of carbonyl (C=O) groups excluding carboxylic acids is 1. The summed E-state index contributed by atoms with van der Waals surface area (Å²) < 4.78 is 7.58. The van der Waals surface area contributed by atoms with E-state index in [9.17, 15) is 4.79 Å². The fraction of sp³-hybridized carbons (Fsp3) is 0.292. The normalized spacial score (nSPS) is 11.2. The molecule has 2 aromatic carbocycles. The number of hydrogen-bond acceptors (Lipinski definition) is 5. The number of esters is 1. The molecule has 0 spiro atoms. The van der Waals surface area contributed by atoms with Crippen LogP contribution in [0.1, 0.15) is 33.1 Å². The van der Waals surface area contributed by atoms with Crippen molar-refractivity contribution in [2.24, 2.45) is 7.05 Å². The third kappa shape index (κ3) is 4.00. The summed E-state index contributed by atoms with van der Waals surface area (Å²) in [4.78, 5) is 22.6. The Labute approximate surface area is 180 Å². The number of ether oxygens (including phenoxy) is 1. The predicted octanol–water partition coefficient (Wildman–Crippen LogP) is 5.22. The molecule has 0 bridgehead atoms. The van der Waals surface area contributed by atoms with Crippen LogP contribution < -0.4 is 0 Å². The SMILES string of the molecule is Cc1ccc(-c2nc(C)c(CC(=O)OCc3ccc4c(c3)nc(C)n4C)s2)c(C)c1. The van der Waals surface area contributed by atoms with Crippen LogP contribution >= 0.6 is 11.3 Å². The molecular formula is C24H25N3O2S. The van der Waals surface area contributed by atoms with Crippen LogP contribution in [-0.2, 0) is 29.6 Å². The van der Waals surface area contributed by atoms with Crippen LogP contribution in [0.25, 0.3) is 21.6 Å². The smallest absolute Gasteiger partial charge is 0.311 e. The van der Waals surface area contributed by atoms with Gasteiger partial charge in [0.15, 0.2) is 0 Å². The van der Waals surface area contributed by atoms with Gasteiger partial charge in [-0.25, -0.2) is 9.97 Å². The molecule has 0 fully saturated rings. The van der Waals surface area contributed by atoms with E-state index in [0.717, 1.165) is 43.6 Å². The van der Waals surface area contributed by atoms with Crippen molar-refractivity contribution in [2.75, 3.05) is 0 Å². The van der Waals surface area contributed by atoms with Gasteiger partial charge >= 0.3 is 5.97 Å². The highest BCUT2D eigenvalue weighted by atomic mass is 32.1. The summed E-state index contributed by atoms with van der Waals surface area (Å²) in [5.41, 5.74) is 7.35. The molecule has 6 heteroatoms. The zero-order valence-electron chi connectivity index (χ0n) is 17.9. The quantitative estimate of drug-likeness (QED) is 0.416. The Morgan fingerprint density at radius 2 is 1.87 bits per heavy atom. The van der Waals surface area contributed by atoms with E-state index in [2.05, 4.69) is 42.0 Å². The van der Waals surface area contributed by atoms with Crippen LogP contribution in [0.5, 0.6) is 0 Å². The lowest BCUT2D eigenvalue weighted by molar-refractivity contribution is -0.144. The minimum atomic E-state index is -0.244. The summed E-state index contributed by atoms with van der Waals surface area (Å²) in [6.07, 6.45) is 0.235. The molecular weight excluding hydrogens is 394 g/mol. The maximum absolute atomic E-state index is 12.5. The maximum atomic E-state index is 12.5. The molecule has 0 saturated carbocycles. The van der Waals surface area contributed by atoms with Crippen molar-refractivity contribution in [3.05, 3.63) is 69.5 Å². The first-order chi connectivity index (χ1) is 14.3. The van der Waals surface area contributed by atoms with Crippen LogP contribution in [0.15, 0.2) is 36.4 Å². The highest BCUT2D eigenvalue weighted by molar-refractivity contribution is 7.15. The van der Waals surface area contributed by atoms with Gasteiger partial charge in [0.1, 0.15) is 17.4 Å². The molecule has 0 aliphatic rings. The van der Waals surface area contributed by atoms with Gasteiger partial charge in [0.2, 0.25) is 0 Å². The molecule has 0 radical (unpaired) electrons. The Bertz CT molecular complexity index is 1250. The number of fused-ring (bicyclic) bond motifs is 1. The Hall–Kier alpha value is -2.99. The first-order valence-electron chi connectivity index (χ1n) is 9.93. The molecule has 0 atom stereocenters. The molecule has 0 N–H and O–H groups in total. The number of imidazole rings is 1. The number of benzene rings is 2. The van der Waals surface area contributed by atoms with E-state index in [4.69, 9.17) is 4.74 Å². The van der Waals surface area contributed by atoms with Gasteiger partial charge in [0.05, 0.1) is 23.1 Å². The third-order valence-electron chi connectivity index (χ3n) is 5.38. The Kier molecular flexibility index (Phi) is 5.43. The average molecular weight is 420 g/mol.